The maximum atomic E-state index is 13.7. The Labute approximate surface area is 209 Å². The van der Waals surface area contributed by atoms with Crippen molar-refractivity contribution in [2.75, 3.05) is 18.4 Å². The minimum Gasteiger partial charge on any atom is -0.369 e. The summed E-state index contributed by atoms with van der Waals surface area (Å²) in [6.45, 7) is 7.74. The van der Waals surface area contributed by atoms with Gasteiger partial charge in [0.2, 0.25) is 5.91 Å². The van der Waals surface area contributed by atoms with Crippen molar-refractivity contribution in [1.82, 2.24) is 4.90 Å². The van der Waals surface area contributed by atoms with E-state index >= 15 is 0 Å². The molecule has 0 saturated carbocycles. The number of nitrogens with one attached hydrogen (secondary N) is 1. The zero-order valence-electron chi connectivity index (χ0n) is 19.9. The van der Waals surface area contributed by atoms with E-state index in [0.717, 1.165) is 24.8 Å². The zero-order chi connectivity index (χ0) is 24.6. The predicted molar refractivity (Wildman–Crippen MR) is 137 cm³/mol. The highest BCUT2D eigenvalue weighted by atomic mass is 35.5. The van der Waals surface area contributed by atoms with Crippen LogP contribution in [0.15, 0.2) is 24.3 Å². The molecule has 1 atom stereocenters. The quantitative estimate of drug-likeness (QED) is 0.607. The molecule has 2 aliphatic rings. The van der Waals surface area contributed by atoms with E-state index in [2.05, 4.69) is 26.1 Å². The maximum Gasteiger partial charge on any atom is 0.257 e. The first-order valence-electron chi connectivity index (χ1n) is 11.8. The molecule has 4 rings (SSSR count). The van der Waals surface area contributed by atoms with Crippen LogP contribution < -0.4 is 11.1 Å². The first-order chi connectivity index (χ1) is 16.1. The first-order valence-corrected chi connectivity index (χ1v) is 13.0. The number of likely N-dealkylation sites (tertiary alicyclic amines) is 1. The molecule has 6 nitrogen and oxygen atoms in total. The highest BCUT2D eigenvalue weighted by molar-refractivity contribution is 7.17. The molecule has 8 heteroatoms. The Balaban J connectivity index is 1.66. The molecule has 3 N–H and O–H groups in total. The van der Waals surface area contributed by atoms with Crippen molar-refractivity contribution in [2.24, 2.45) is 23.0 Å². The number of benzene rings is 1. The number of carbonyl (C=O) groups excluding carboxylic acids is 3. The van der Waals surface area contributed by atoms with E-state index in [9.17, 15) is 14.4 Å². The van der Waals surface area contributed by atoms with E-state index in [1.54, 1.807) is 29.2 Å². The molecule has 1 aliphatic carbocycles. The van der Waals surface area contributed by atoms with Crippen molar-refractivity contribution in [3.8, 4) is 0 Å². The van der Waals surface area contributed by atoms with Crippen molar-refractivity contribution >= 4 is 45.7 Å². The highest BCUT2D eigenvalue weighted by Crippen LogP contribution is 2.45. The van der Waals surface area contributed by atoms with E-state index < -0.39 is 0 Å². The lowest BCUT2D eigenvalue weighted by Crippen LogP contribution is -2.42. The Morgan fingerprint density at radius 3 is 2.41 bits per heavy atom. The molecule has 2 aromatic rings. The Bertz CT molecular complexity index is 1110. The molecular formula is C26H32ClN3O3S. The Hall–Kier alpha value is -2.38. The van der Waals surface area contributed by atoms with Crippen LogP contribution in [0, 0.1) is 17.3 Å². The van der Waals surface area contributed by atoms with E-state index in [4.69, 9.17) is 17.3 Å². The zero-order valence-corrected chi connectivity index (χ0v) is 21.5. The molecule has 1 aliphatic heterocycles. The summed E-state index contributed by atoms with van der Waals surface area (Å²) in [5.41, 5.74) is 7.68. The fourth-order valence-corrected chi connectivity index (χ4v) is 6.52. The molecule has 2 heterocycles. The van der Waals surface area contributed by atoms with E-state index in [-0.39, 0.29) is 29.1 Å². The standard InChI is InChI=1S/C26H32ClN3O3S/c1-26(2,3)16-8-9-18-20(14-16)34-24(29-23(32)17-6-4-5-7-19(17)27)21(18)25(33)30-12-10-15(11-13-30)22(28)31/h4-7,15-16H,8-14H2,1-3H3,(H2,28,31)(H,29,32)/t16-/m1/s1. The van der Waals surface area contributed by atoms with Crippen molar-refractivity contribution in [3.63, 3.8) is 0 Å². The van der Waals surface area contributed by atoms with Gasteiger partial charge in [-0.25, -0.2) is 0 Å². The number of thiophene rings is 1. The first kappa shape index (κ1) is 24.7. The lowest BCUT2D eigenvalue weighted by molar-refractivity contribution is -0.123. The second-order valence-corrected chi connectivity index (χ2v) is 11.9. The number of amides is 3. The number of nitrogens with two attached hydrogens (primary N) is 1. The van der Waals surface area contributed by atoms with Gasteiger partial charge in [0, 0.05) is 23.9 Å². The van der Waals surface area contributed by atoms with Gasteiger partial charge in [-0.05, 0) is 61.1 Å². The van der Waals surface area contributed by atoms with Crippen molar-refractivity contribution < 1.29 is 14.4 Å². The number of halogens is 1. The molecule has 1 fully saturated rings. The monoisotopic (exact) mass is 501 g/mol. The molecule has 3 amide bonds. The van der Waals surface area contributed by atoms with Crippen molar-refractivity contribution in [1.29, 1.82) is 0 Å². The summed E-state index contributed by atoms with van der Waals surface area (Å²) in [6.07, 6.45) is 3.86. The van der Waals surface area contributed by atoms with Gasteiger partial charge in [-0.1, -0.05) is 44.5 Å². The molecule has 0 spiro atoms. The van der Waals surface area contributed by atoms with Gasteiger partial charge in [-0.3, -0.25) is 14.4 Å². The summed E-state index contributed by atoms with van der Waals surface area (Å²) in [5.74, 6) is -0.379. The fourth-order valence-electron chi connectivity index (χ4n) is 4.98. The van der Waals surface area contributed by atoms with E-state index in [1.807, 2.05) is 0 Å². The number of rotatable bonds is 4. The summed E-state index contributed by atoms with van der Waals surface area (Å²) < 4.78 is 0. The van der Waals surface area contributed by atoms with Crippen LogP contribution in [0.5, 0.6) is 0 Å². The number of fused-ring (bicyclic) bond motifs is 1. The minimum atomic E-state index is -0.321. The van der Waals surface area contributed by atoms with E-state index in [0.29, 0.717) is 53.0 Å². The Kier molecular flexibility index (Phi) is 7.06. The number of carbonyl (C=O) groups is 3. The van der Waals surface area contributed by atoms with Crippen LogP contribution in [0.1, 0.15) is 71.2 Å². The van der Waals surface area contributed by atoms with Gasteiger partial charge in [-0.15, -0.1) is 11.3 Å². The van der Waals surface area contributed by atoms with E-state index in [1.165, 1.54) is 16.2 Å². The van der Waals surface area contributed by atoms with Crippen LogP contribution in [0.2, 0.25) is 5.02 Å². The normalized spacial score (nSPS) is 18.9. The summed E-state index contributed by atoms with van der Waals surface area (Å²) >= 11 is 7.76. The summed E-state index contributed by atoms with van der Waals surface area (Å²) in [5, 5.41) is 3.96. The Morgan fingerprint density at radius 2 is 1.79 bits per heavy atom. The van der Waals surface area contributed by atoms with Gasteiger partial charge in [0.15, 0.2) is 0 Å². The van der Waals surface area contributed by atoms with Crippen LogP contribution in [0.25, 0.3) is 0 Å². The summed E-state index contributed by atoms with van der Waals surface area (Å²) in [4.78, 5) is 41.3. The van der Waals surface area contributed by atoms with Crippen LogP contribution >= 0.6 is 22.9 Å². The molecular weight excluding hydrogens is 470 g/mol. The molecule has 34 heavy (non-hydrogen) atoms. The van der Waals surface area contributed by atoms with Crippen LogP contribution in [0.4, 0.5) is 5.00 Å². The average molecular weight is 502 g/mol. The molecule has 0 radical (unpaired) electrons. The van der Waals surface area contributed by atoms with Gasteiger partial charge in [0.1, 0.15) is 5.00 Å². The summed E-state index contributed by atoms with van der Waals surface area (Å²) in [6, 6.07) is 6.90. The molecule has 0 bridgehead atoms. The third-order valence-corrected chi connectivity index (χ3v) is 8.73. The van der Waals surface area contributed by atoms with Gasteiger partial charge in [0.25, 0.3) is 11.8 Å². The number of anilines is 1. The highest BCUT2D eigenvalue weighted by Gasteiger charge is 2.36. The third kappa shape index (κ3) is 5.01. The predicted octanol–water partition coefficient (Wildman–Crippen LogP) is 5.14. The molecule has 182 valence electrons. The second-order valence-electron chi connectivity index (χ2n) is 10.4. The number of hydrogen-bond acceptors (Lipinski definition) is 4. The smallest absolute Gasteiger partial charge is 0.257 e. The van der Waals surface area contributed by atoms with Crippen LogP contribution in [-0.2, 0) is 17.6 Å². The number of piperidine rings is 1. The third-order valence-electron chi connectivity index (χ3n) is 7.23. The SMILES string of the molecule is CC(C)(C)[C@@H]1CCc2c(sc(NC(=O)c3ccccc3Cl)c2C(=O)N2CCC(C(N)=O)CC2)C1. The van der Waals surface area contributed by atoms with Crippen LogP contribution in [-0.4, -0.2) is 35.7 Å². The van der Waals surface area contributed by atoms with Gasteiger partial charge < -0.3 is 16.0 Å². The maximum absolute atomic E-state index is 13.7. The van der Waals surface area contributed by atoms with Gasteiger partial charge in [0.05, 0.1) is 16.1 Å². The van der Waals surface area contributed by atoms with Gasteiger partial charge in [-0.2, -0.15) is 0 Å². The average Bonchev–Trinajstić information content (AvgIpc) is 3.15. The Morgan fingerprint density at radius 1 is 1.12 bits per heavy atom. The van der Waals surface area contributed by atoms with Crippen LogP contribution in [0.3, 0.4) is 0 Å². The largest absolute Gasteiger partial charge is 0.369 e. The van der Waals surface area contributed by atoms with Gasteiger partial charge >= 0.3 is 0 Å². The summed E-state index contributed by atoms with van der Waals surface area (Å²) in [7, 11) is 0. The number of primary amides is 1. The second kappa shape index (κ2) is 9.70. The lowest BCUT2D eigenvalue weighted by Gasteiger charge is -2.34. The topological polar surface area (TPSA) is 92.5 Å². The molecule has 1 saturated heterocycles. The molecule has 0 unspecified atom stereocenters. The lowest BCUT2D eigenvalue weighted by atomic mass is 9.72. The number of nitrogens with zero attached hydrogens (tertiary/aromatic N) is 1. The number of hydrogen-bond donors (Lipinski definition) is 2. The van der Waals surface area contributed by atoms with Crippen molar-refractivity contribution in [2.45, 2.75) is 52.9 Å². The minimum absolute atomic E-state index is 0.0795. The molecule has 1 aromatic heterocycles. The van der Waals surface area contributed by atoms with Crippen molar-refractivity contribution in [3.05, 3.63) is 50.9 Å². The fraction of sp³-hybridized carbons (Fsp3) is 0.500. The molecule has 1 aromatic carbocycles.